The predicted octanol–water partition coefficient (Wildman–Crippen LogP) is 1.20. The summed E-state index contributed by atoms with van der Waals surface area (Å²) in [7, 11) is -11.3. The van der Waals surface area contributed by atoms with Crippen molar-refractivity contribution >= 4 is 49.6 Å². The van der Waals surface area contributed by atoms with Crippen LogP contribution in [0.25, 0.3) is 0 Å². The molecule has 0 bridgehead atoms. The van der Waals surface area contributed by atoms with Crippen LogP contribution < -0.4 is 0 Å². The lowest BCUT2D eigenvalue weighted by Gasteiger charge is -2.25. The maximum atomic E-state index is 13.8. The van der Waals surface area contributed by atoms with Crippen LogP contribution >= 0.6 is 0 Å². The van der Waals surface area contributed by atoms with Crippen molar-refractivity contribution in [1.29, 1.82) is 0 Å². The molecule has 0 amide bonds. The van der Waals surface area contributed by atoms with Gasteiger partial charge in [0.05, 0.1) is 0 Å². The third-order valence-electron chi connectivity index (χ3n) is 3.91. The molecule has 2 heterocycles. The van der Waals surface area contributed by atoms with Gasteiger partial charge in [0, 0.05) is 6.92 Å². The molecule has 0 spiro atoms. The number of hydrogen-bond acceptors (Lipinski definition) is 13. The molecule has 2 rings (SSSR count). The molecule has 0 radical (unpaired) electrons. The molecule has 2 saturated heterocycles. The van der Waals surface area contributed by atoms with E-state index < -0.39 is 116 Å². The summed E-state index contributed by atoms with van der Waals surface area (Å²) in [6.45, 7) is -4.27. The number of ether oxygens (including phenoxy) is 4. The SMILES string of the molecule is CC1(C(=O)F)OC(F)(CF)C(F)(CS(=O)(=O)F)O1.O=S(=O)(F)CC1(F)OC(=C(F)F)OC1(F)CF.O=S=O.O=S=O. The second kappa shape index (κ2) is 14.7. The third kappa shape index (κ3) is 11.1. The van der Waals surface area contributed by atoms with Crippen LogP contribution in [0.1, 0.15) is 6.92 Å². The summed E-state index contributed by atoms with van der Waals surface area (Å²) in [4.78, 5) is 10.4. The van der Waals surface area contributed by atoms with Crippen molar-refractivity contribution in [2.45, 2.75) is 36.1 Å². The Balaban J connectivity index is 0. The first-order valence-electron chi connectivity index (χ1n) is 8.83. The van der Waals surface area contributed by atoms with Crippen LogP contribution in [0.3, 0.4) is 0 Å². The summed E-state index contributed by atoms with van der Waals surface area (Å²) in [6, 6.07) is -2.53. The second-order valence-electron chi connectivity index (χ2n) is 6.86. The zero-order valence-corrected chi connectivity index (χ0v) is 22.2. The number of rotatable bonds is 7. The molecule has 2 aliphatic heterocycles. The normalized spacial score (nSPS) is 32.3. The molecule has 0 aromatic heterocycles. The molecule has 0 saturated carbocycles. The third-order valence-corrected chi connectivity index (χ3v) is 5.34. The van der Waals surface area contributed by atoms with E-state index in [4.69, 9.17) is 16.8 Å². The highest BCUT2D eigenvalue weighted by Crippen LogP contribution is 2.48. The smallest absolute Gasteiger partial charge is 0.360 e. The van der Waals surface area contributed by atoms with Crippen LogP contribution in [0, 0.1) is 0 Å². The van der Waals surface area contributed by atoms with Crippen LogP contribution in [-0.4, -0.2) is 93.8 Å². The van der Waals surface area contributed by atoms with Crippen molar-refractivity contribution in [3.63, 3.8) is 0 Å². The number of carbonyl (C=O) groups excluding carboxylic acids is 1. The van der Waals surface area contributed by atoms with E-state index in [0.717, 1.165) is 0 Å². The minimum atomic E-state index is -5.65. The van der Waals surface area contributed by atoms with Crippen molar-refractivity contribution in [3.8, 4) is 0 Å². The molecular formula is C13H11F11O13S4. The molecule has 0 aliphatic carbocycles. The van der Waals surface area contributed by atoms with E-state index in [9.17, 15) is 68.9 Å². The van der Waals surface area contributed by atoms with Crippen molar-refractivity contribution in [2.24, 2.45) is 0 Å². The van der Waals surface area contributed by atoms with E-state index in [2.05, 4.69) is 18.9 Å². The van der Waals surface area contributed by atoms with Gasteiger partial charge in [-0.05, 0) is 0 Å². The Bertz CT molecular complexity index is 1260. The number of halogens is 11. The molecule has 5 unspecified atom stereocenters. The predicted molar refractivity (Wildman–Crippen MR) is 103 cm³/mol. The highest BCUT2D eigenvalue weighted by atomic mass is 32.3. The van der Waals surface area contributed by atoms with Gasteiger partial charge in [-0.25, -0.2) is 17.6 Å². The van der Waals surface area contributed by atoms with Gasteiger partial charge in [0.25, 0.3) is 11.6 Å². The molecule has 28 heteroatoms. The summed E-state index contributed by atoms with van der Waals surface area (Å²) in [5, 5.41) is 0. The zero-order chi connectivity index (χ0) is 33.3. The molecule has 0 N–H and O–H groups in total. The Labute approximate surface area is 227 Å². The molecule has 0 aromatic carbocycles. The van der Waals surface area contributed by atoms with Crippen LogP contribution in [0.5, 0.6) is 0 Å². The van der Waals surface area contributed by atoms with Gasteiger partial charge in [-0.3, -0.25) is 14.3 Å². The second-order valence-corrected chi connectivity index (χ2v) is 9.86. The van der Waals surface area contributed by atoms with Gasteiger partial charge < -0.3 is 9.47 Å². The van der Waals surface area contributed by atoms with Crippen molar-refractivity contribution < 1.29 is 105 Å². The van der Waals surface area contributed by atoms with E-state index in [1.54, 1.807) is 0 Å². The fraction of sp³-hybridized carbons (Fsp3) is 0.769. The Morgan fingerprint density at radius 3 is 1.32 bits per heavy atom. The molecule has 5 atom stereocenters. The quantitative estimate of drug-likeness (QED) is 0.271. The first kappa shape index (κ1) is 40.8. The van der Waals surface area contributed by atoms with Crippen LogP contribution in [0.2, 0.25) is 0 Å². The molecule has 2 fully saturated rings. The lowest BCUT2D eigenvalue weighted by Crippen LogP contribution is -2.50. The average Bonchev–Trinajstić information content (AvgIpc) is 3.14. The zero-order valence-electron chi connectivity index (χ0n) is 18.9. The van der Waals surface area contributed by atoms with Gasteiger partial charge in [-0.15, -0.1) is 7.77 Å². The summed E-state index contributed by atoms with van der Waals surface area (Å²) >= 11 is -1.50. The Kier molecular flexibility index (Phi) is 14.7. The Hall–Kier alpha value is -2.30. The van der Waals surface area contributed by atoms with Gasteiger partial charge in [0.1, 0.15) is 5.75 Å². The lowest BCUT2D eigenvalue weighted by molar-refractivity contribution is -0.220. The highest BCUT2D eigenvalue weighted by Gasteiger charge is 2.72. The summed E-state index contributed by atoms with van der Waals surface area (Å²) in [5.41, 5.74) is 0. The first-order chi connectivity index (χ1) is 18.2. The minimum Gasteiger partial charge on any atom is -0.416 e. The molecule has 242 valence electrons. The first-order valence-corrected chi connectivity index (χ1v) is 13.3. The van der Waals surface area contributed by atoms with E-state index in [1.165, 1.54) is 0 Å². The standard InChI is InChI=1S/C7H7F5O5S.C6H4F6O4S.2O2S/c1-5(4(9)13)16-6(10,2-8)7(11,17-5)3-18(12,14)15;7-1-5(10)6(11,2-17(12,13)14)16-4(15-5)3(8)9;2*1-3-2/h2-3H2,1H3;1-2H2;;. The summed E-state index contributed by atoms with van der Waals surface area (Å²) < 4.78 is 228. The lowest BCUT2D eigenvalue weighted by atomic mass is 10.2. The number of carbonyl (C=O) groups is 1. The van der Waals surface area contributed by atoms with Crippen LogP contribution in [0.15, 0.2) is 12.0 Å². The molecule has 41 heavy (non-hydrogen) atoms. The van der Waals surface area contributed by atoms with Crippen LogP contribution in [0.4, 0.5) is 47.3 Å². The maximum Gasteiger partial charge on any atom is 0.360 e. The van der Waals surface area contributed by atoms with Gasteiger partial charge in [-0.1, -0.05) is 0 Å². The van der Waals surface area contributed by atoms with E-state index in [1.807, 2.05) is 0 Å². The topological polar surface area (TPSA) is 191 Å². The highest BCUT2D eigenvalue weighted by molar-refractivity contribution is 7.86. The largest absolute Gasteiger partial charge is 0.416 e. The maximum absolute atomic E-state index is 13.8. The summed E-state index contributed by atoms with van der Waals surface area (Å²) in [6.07, 6.45) is -2.85. The van der Waals surface area contributed by atoms with Gasteiger partial charge >= 0.3 is 79.2 Å². The molecule has 2 aliphatic rings. The van der Waals surface area contributed by atoms with E-state index in [-0.39, 0.29) is 0 Å². The van der Waals surface area contributed by atoms with E-state index in [0.29, 0.717) is 6.92 Å². The number of alkyl halides is 6. The van der Waals surface area contributed by atoms with E-state index >= 15 is 0 Å². The van der Waals surface area contributed by atoms with Crippen molar-refractivity contribution in [3.05, 3.63) is 12.0 Å². The number of hydrogen-bond donors (Lipinski definition) is 0. The Morgan fingerprint density at radius 2 is 1.02 bits per heavy atom. The fourth-order valence-electron chi connectivity index (χ4n) is 2.39. The summed E-state index contributed by atoms with van der Waals surface area (Å²) in [5.74, 6) is -26.5. The molecular weight excluding hydrogens is 701 g/mol. The Morgan fingerprint density at radius 1 is 0.707 bits per heavy atom. The van der Waals surface area contributed by atoms with Gasteiger partial charge in [-0.2, -0.15) is 55.6 Å². The molecule has 13 nitrogen and oxygen atoms in total. The van der Waals surface area contributed by atoms with Gasteiger partial charge in [0.2, 0.25) is 0 Å². The molecule has 0 aromatic rings. The average molecular weight is 712 g/mol. The minimum absolute atomic E-state index is 0.394. The fourth-order valence-corrected chi connectivity index (χ4v) is 3.82. The van der Waals surface area contributed by atoms with Gasteiger partial charge in [0.15, 0.2) is 19.1 Å². The van der Waals surface area contributed by atoms with Crippen LogP contribution in [-0.2, 0) is 67.3 Å². The monoisotopic (exact) mass is 712 g/mol. The van der Waals surface area contributed by atoms with Crippen molar-refractivity contribution in [2.75, 3.05) is 24.9 Å². The van der Waals surface area contributed by atoms with Crippen molar-refractivity contribution in [1.82, 2.24) is 0 Å².